The van der Waals surface area contributed by atoms with Gasteiger partial charge in [0.25, 0.3) is 5.91 Å². The van der Waals surface area contributed by atoms with E-state index in [1.54, 1.807) is 95.5 Å². The first-order chi connectivity index (χ1) is 70.8. The molecule has 39 nitrogen and oxygen atoms in total. The summed E-state index contributed by atoms with van der Waals surface area (Å²) in [6.07, 6.45) is 18.3. The molecule has 0 aromatic carbocycles. The standard InChI is InChI=1S/C20H21N5O2S3.C20H23N5O2S3.C19H20N6O3S3.C18H20N6O2S2.C18H19N5O3S2/c1-25-14(10-23-17(25)11-3-4-11)12-9-13(18-22-5-7-28-18)24-19-15(12)16(21)20(29-19)30(26)8-6-27-2;1-11(2)17-23-10-14(25(17)3)12-9-13(18-22-5-7-28-18)24-19-15(12)16(21)20(29-19)30(26)8-6-27-4;1-9-22-7-13(25(9)2)10-6-11(17-24-12(8-29-17)16(21)26)23-18-14(10)15(20)19(30-18)31(27)5-4-28-3;1-10-20-9-14(24(10)2)11-8-13(12-4-5-21-23-12)22-17-15(11)16(19)18(27-17)28(25)7-6-26-3;1-10-20-9-13(23(10)2)11-8-12(14-4-5-21-26-14)22-17-15(11)16(19)18(27-17)28(24)7-6-25-3/h5,7,9-11H,3-4,6,8,21H2,1-2H3;5,7,9-11H,6,8,21H2,1-4H3;6-8H,4-5,20H2,1-3H3,(H2,21,26);4-5,8-9H,6-7,19H2,1-3H3,(H,21,23);4-5,8-9H,6-7,19H2,1-3H3. The molecule has 5 unspecified atom stereocenters. The first kappa shape index (κ1) is 106. The van der Waals surface area contributed by atoms with Crippen LogP contribution >= 0.6 is 90.7 Å². The Morgan fingerprint density at radius 3 is 1.07 bits per heavy atom. The average molecular weight is 2230 g/mol. The summed E-state index contributed by atoms with van der Waals surface area (Å²) in [5.41, 5.74) is 53.8. The zero-order valence-electron chi connectivity index (χ0n) is 82.2. The number of primary amides is 1. The van der Waals surface area contributed by atoms with E-state index in [1.165, 1.54) is 92.2 Å². The van der Waals surface area contributed by atoms with Crippen molar-refractivity contribution in [3.63, 3.8) is 0 Å². The van der Waals surface area contributed by atoms with Crippen molar-refractivity contribution in [2.45, 2.75) is 80.3 Å². The van der Waals surface area contributed by atoms with Crippen LogP contribution in [0.3, 0.4) is 0 Å². The van der Waals surface area contributed by atoms with Gasteiger partial charge in [-0.1, -0.05) is 19.0 Å². The van der Waals surface area contributed by atoms with Crippen molar-refractivity contribution in [1.82, 2.24) is 103 Å². The lowest BCUT2D eigenvalue weighted by Crippen LogP contribution is -2.11. The second-order valence-corrected chi connectivity index (χ2v) is 50.1. The topological polar surface area (TPSA) is 552 Å². The number of amides is 1. The molecule has 20 heterocycles. The molecular weight excluding hydrogens is 2130 g/mol. The highest BCUT2D eigenvalue weighted by atomic mass is 32.2. The molecular formula is C95H103N27O12S13. The van der Waals surface area contributed by atoms with E-state index >= 15 is 0 Å². The number of nitrogens with two attached hydrogens (primary N) is 6. The number of nitrogens with zero attached hydrogens (tertiary/aromatic N) is 20. The van der Waals surface area contributed by atoms with Crippen molar-refractivity contribution in [1.29, 1.82) is 0 Å². The van der Waals surface area contributed by atoms with E-state index in [-0.39, 0.29) is 11.6 Å². The lowest BCUT2D eigenvalue weighted by Gasteiger charge is -2.11. The van der Waals surface area contributed by atoms with Gasteiger partial charge in [-0.05, 0) is 70.0 Å². The van der Waals surface area contributed by atoms with Crippen LogP contribution in [-0.4, -0.2) is 227 Å². The van der Waals surface area contributed by atoms with Crippen molar-refractivity contribution in [3.05, 3.63) is 149 Å². The summed E-state index contributed by atoms with van der Waals surface area (Å²) in [5, 5.41) is 22.4. The maximum atomic E-state index is 12.8. The highest BCUT2D eigenvalue weighted by Crippen LogP contribution is 2.51. The second kappa shape index (κ2) is 46.4. The number of methoxy groups -OCH3 is 5. The number of carbonyl (C=O) groups excluding carboxylic acids is 1. The van der Waals surface area contributed by atoms with Gasteiger partial charge in [0, 0.05) is 178 Å². The van der Waals surface area contributed by atoms with Gasteiger partial charge in [-0.2, -0.15) is 5.10 Å². The number of nitrogens with one attached hydrogen (secondary N) is 1. The molecule has 0 bridgehead atoms. The minimum Gasteiger partial charge on any atom is -0.396 e. The van der Waals surface area contributed by atoms with Crippen molar-refractivity contribution in [3.8, 4) is 111 Å². The third-order valence-electron chi connectivity index (χ3n) is 24.0. The van der Waals surface area contributed by atoms with E-state index in [1.807, 2.05) is 135 Å². The van der Waals surface area contributed by atoms with E-state index in [2.05, 4.69) is 78.2 Å². The molecule has 1 aliphatic rings. The van der Waals surface area contributed by atoms with Gasteiger partial charge >= 0.3 is 0 Å². The number of anilines is 5. The van der Waals surface area contributed by atoms with E-state index in [0.29, 0.717) is 149 Å². The number of nitrogen functional groups attached to an aromatic ring is 5. The van der Waals surface area contributed by atoms with Gasteiger partial charge < -0.3 is 85.4 Å². The maximum Gasteiger partial charge on any atom is 0.268 e. The minimum atomic E-state index is -1.31. The summed E-state index contributed by atoms with van der Waals surface area (Å²) in [7, 11) is 11.5. The average Bonchev–Trinajstić information content (AvgIpc) is 1.65. The number of aryl methyl sites for hydroxylation is 3. The quantitative estimate of drug-likeness (QED) is 0.0201. The molecule has 20 aromatic rings. The molecule has 1 fully saturated rings. The fourth-order valence-corrected chi connectivity index (χ4v) is 30.8. The molecule has 5 atom stereocenters. The number of thiophene rings is 5. The summed E-state index contributed by atoms with van der Waals surface area (Å²) in [5.74, 6) is 7.38. The Bertz CT molecular complexity index is 7950. The highest BCUT2D eigenvalue weighted by Gasteiger charge is 2.34. The monoisotopic (exact) mass is 2230 g/mol. The molecule has 0 spiro atoms. The molecule has 13 N–H and O–H groups in total. The first-order valence-electron chi connectivity index (χ1n) is 45.3. The number of pyridine rings is 5. The van der Waals surface area contributed by atoms with Gasteiger partial charge in [0.15, 0.2) is 5.76 Å². The van der Waals surface area contributed by atoms with Crippen LogP contribution in [0.15, 0.2) is 140 Å². The molecule has 21 rings (SSSR count). The Morgan fingerprint density at radius 2 is 0.762 bits per heavy atom. The lowest BCUT2D eigenvalue weighted by molar-refractivity contribution is 0.0996. The van der Waals surface area contributed by atoms with Gasteiger partial charge in [-0.15, -0.1) is 90.7 Å². The fourth-order valence-electron chi connectivity index (χ4n) is 16.0. The number of carbonyl (C=O) groups is 1. The predicted molar refractivity (Wildman–Crippen MR) is 592 cm³/mol. The lowest BCUT2D eigenvalue weighted by atomic mass is 10.1. The Kier molecular flexibility index (Phi) is 33.5. The van der Waals surface area contributed by atoms with Crippen LogP contribution in [0.5, 0.6) is 0 Å². The van der Waals surface area contributed by atoms with Gasteiger partial charge in [-0.3, -0.25) is 30.9 Å². The number of hydrogen-bond donors (Lipinski definition) is 7. The summed E-state index contributed by atoms with van der Waals surface area (Å²) in [4.78, 5) is 74.5. The van der Waals surface area contributed by atoms with Crippen LogP contribution < -0.4 is 34.4 Å². The number of H-pyrrole nitrogens is 1. The normalized spacial score (nSPS) is 13.2. The van der Waals surface area contributed by atoms with Gasteiger partial charge in [0.1, 0.15) is 118 Å². The number of ether oxygens (including phenoxy) is 5. The Hall–Kier alpha value is -12.1. The molecule has 52 heteroatoms. The number of imidazole rings is 5. The summed E-state index contributed by atoms with van der Waals surface area (Å²) >= 11 is 11.1. The van der Waals surface area contributed by atoms with Crippen LogP contribution in [-0.2, 0) is 113 Å². The number of rotatable bonds is 33. The smallest absolute Gasteiger partial charge is 0.268 e. The second-order valence-electron chi connectivity index (χ2n) is 33.6. The molecule has 0 radical (unpaired) electrons. The Balaban J connectivity index is 0.000000126. The van der Waals surface area contributed by atoms with E-state index < -0.39 is 59.9 Å². The van der Waals surface area contributed by atoms with E-state index in [9.17, 15) is 25.8 Å². The largest absolute Gasteiger partial charge is 0.396 e. The Labute approximate surface area is 887 Å². The predicted octanol–water partition coefficient (Wildman–Crippen LogP) is 16.6. The van der Waals surface area contributed by atoms with Crippen LogP contribution in [0.25, 0.3) is 162 Å². The molecule has 147 heavy (non-hydrogen) atoms. The molecule has 1 amide bonds. The summed E-state index contributed by atoms with van der Waals surface area (Å²) in [6.45, 7) is 12.0. The highest BCUT2D eigenvalue weighted by molar-refractivity contribution is 7.89. The van der Waals surface area contributed by atoms with Crippen molar-refractivity contribution < 1.29 is 54.0 Å². The van der Waals surface area contributed by atoms with Crippen LogP contribution in [0, 0.1) is 20.8 Å². The molecule has 0 saturated heterocycles. The summed E-state index contributed by atoms with van der Waals surface area (Å²) in [6, 6.07) is 13.4. The van der Waals surface area contributed by atoms with Gasteiger partial charge in [-0.25, -0.2) is 64.8 Å². The fraction of sp³-hybridized carbons (Fsp3) is 0.305. The van der Waals surface area contributed by atoms with Crippen LogP contribution in [0.2, 0.25) is 0 Å². The molecule has 0 aliphatic heterocycles. The van der Waals surface area contributed by atoms with E-state index in [4.69, 9.17) is 87.5 Å². The first-order valence-corrected chi connectivity index (χ1v) is 58.6. The minimum absolute atomic E-state index is 0.187. The third kappa shape index (κ3) is 22.1. The zero-order chi connectivity index (χ0) is 104. The van der Waals surface area contributed by atoms with Crippen LogP contribution in [0.4, 0.5) is 28.4 Å². The summed E-state index contributed by atoms with van der Waals surface area (Å²) < 4.78 is 108. The Morgan fingerprint density at radius 1 is 0.422 bits per heavy atom. The maximum absolute atomic E-state index is 12.8. The number of aromatic amines is 1. The van der Waals surface area contributed by atoms with Gasteiger partial charge in [0.2, 0.25) is 0 Å². The molecule has 20 aromatic heterocycles. The van der Waals surface area contributed by atoms with Gasteiger partial charge in [0.05, 0.1) is 221 Å². The molecule has 1 saturated carbocycles. The molecule has 1 aliphatic carbocycles. The van der Waals surface area contributed by atoms with Crippen molar-refractivity contribution >= 4 is 230 Å². The van der Waals surface area contributed by atoms with E-state index in [0.717, 1.165) is 160 Å². The van der Waals surface area contributed by atoms with Crippen molar-refractivity contribution in [2.24, 2.45) is 41.0 Å². The SMILES string of the molecule is COCCS(=O)c1sc2nc(-c3ccn[nH]3)cc(-c3cnc(C)n3C)c2c1N.COCCS(=O)c1sc2nc(-c3ccno3)cc(-c3cnc(C)n3C)c2c1N.COCCS(=O)c1sc2nc(-c3nc(C(N)=O)cs3)cc(-c3cnc(C)n3C)c2c1N.COCCS(=O)c1sc2nc(-c3nccs3)cc(-c3cnc(C(C)C)n3C)c2c1N.COCCS(=O)c1sc2nc(-c3nccs3)cc(-c3cnc(C4CC4)n3C)c2c1N. The number of fused-ring (bicyclic) bond motifs is 5. The van der Waals surface area contributed by atoms with Crippen molar-refractivity contribution in [2.75, 3.05) is 126 Å². The number of thiazole rings is 3. The molecule has 768 valence electrons. The number of hydrogen-bond acceptors (Lipinski definition) is 40. The third-order valence-corrected chi connectivity index (χ3v) is 40.8. The number of aromatic nitrogens is 21. The van der Waals surface area contributed by atoms with Crippen LogP contribution in [0.1, 0.15) is 78.1 Å². The zero-order valence-corrected chi connectivity index (χ0v) is 92.8.